The largest absolute Gasteiger partial charge is 0.461 e. The Balaban J connectivity index is 1.26. The van der Waals surface area contributed by atoms with Crippen LogP contribution in [0.5, 0.6) is 5.75 Å². The number of hydrogen-bond acceptors (Lipinski definition) is 7. The molecule has 4 fully saturated rings. The van der Waals surface area contributed by atoms with Gasteiger partial charge in [-0.3, -0.25) is 9.52 Å². The second-order valence-electron chi connectivity index (χ2n) is 11.9. The van der Waals surface area contributed by atoms with Crippen LogP contribution in [-0.4, -0.2) is 64.8 Å². The van der Waals surface area contributed by atoms with Gasteiger partial charge in [-0.25, -0.2) is 12.8 Å². The summed E-state index contributed by atoms with van der Waals surface area (Å²) in [5.74, 6) is -0.270. The van der Waals surface area contributed by atoms with E-state index < -0.39 is 29.2 Å². The Labute approximate surface area is 234 Å². The molecule has 1 amide bonds. The van der Waals surface area contributed by atoms with Gasteiger partial charge in [-0.1, -0.05) is 0 Å². The number of halogens is 1. The maximum atomic E-state index is 13.5. The number of aliphatic hydroxyl groups excluding tert-OH is 1. The predicted octanol–water partition coefficient (Wildman–Crippen LogP) is 4.35. The standard InChI is InChI=1S/C29H37FN4O5S/c30-20-39-26-4-1-21(17-25(26)34-14-11-29(19-34)7-8-29)27(36)31-23-3-2-22(32-40(37,38)16-15-35)18-24(23)33-12-9-28(5-6-28)10-13-33/h1-4,17-18,32,35H,5-16,19-20H2,(H,31,36). The van der Waals surface area contributed by atoms with E-state index in [4.69, 9.17) is 9.84 Å². The topological polar surface area (TPSA) is 111 Å². The van der Waals surface area contributed by atoms with Crippen LogP contribution in [0.3, 0.4) is 0 Å². The summed E-state index contributed by atoms with van der Waals surface area (Å²) in [4.78, 5) is 17.9. The van der Waals surface area contributed by atoms with Crippen LogP contribution in [-0.2, 0) is 10.0 Å². The van der Waals surface area contributed by atoms with Crippen LogP contribution in [0.15, 0.2) is 36.4 Å². The van der Waals surface area contributed by atoms with Crippen molar-refractivity contribution in [1.82, 2.24) is 0 Å². The molecule has 6 rings (SSSR count). The van der Waals surface area contributed by atoms with Crippen LogP contribution < -0.4 is 24.6 Å². The molecule has 2 heterocycles. The summed E-state index contributed by atoms with van der Waals surface area (Å²) in [7, 11) is -3.69. The zero-order valence-electron chi connectivity index (χ0n) is 22.6. The first-order chi connectivity index (χ1) is 19.2. The average molecular weight is 573 g/mol. The third kappa shape index (κ3) is 5.72. The molecule has 2 aromatic carbocycles. The van der Waals surface area contributed by atoms with Crippen molar-refractivity contribution in [2.75, 3.05) is 65.2 Å². The molecule has 0 aromatic heterocycles. The molecule has 2 aromatic rings. The van der Waals surface area contributed by atoms with Crippen molar-refractivity contribution in [1.29, 1.82) is 0 Å². The Kier molecular flexibility index (Phi) is 7.06. The molecule has 9 nitrogen and oxygen atoms in total. The molecule has 4 aliphatic rings. The van der Waals surface area contributed by atoms with Crippen molar-refractivity contribution in [3.63, 3.8) is 0 Å². The number of benzene rings is 2. The van der Waals surface area contributed by atoms with Crippen molar-refractivity contribution >= 4 is 38.7 Å². The number of anilines is 4. The van der Waals surface area contributed by atoms with E-state index in [0.717, 1.165) is 56.8 Å². The summed E-state index contributed by atoms with van der Waals surface area (Å²) in [5, 5.41) is 12.1. The highest BCUT2D eigenvalue weighted by molar-refractivity contribution is 7.92. The molecule has 216 valence electrons. The van der Waals surface area contributed by atoms with Gasteiger partial charge in [0.2, 0.25) is 16.9 Å². The van der Waals surface area contributed by atoms with Crippen LogP contribution in [0.4, 0.5) is 27.1 Å². The van der Waals surface area contributed by atoms with E-state index in [0.29, 0.717) is 33.5 Å². The quantitative estimate of drug-likeness (QED) is 0.388. The third-order valence-electron chi connectivity index (χ3n) is 9.17. The van der Waals surface area contributed by atoms with Crippen LogP contribution >= 0.6 is 0 Å². The molecule has 0 bridgehead atoms. The minimum atomic E-state index is -3.69. The third-order valence-corrected chi connectivity index (χ3v) is 10.4. The molecular weight excluding hydrogens is 535 g/mol. The molecule has 0 atom stereocenters. The molecule has 2 aliphatic carbocycles. The van der Waals surface area contributed by atoms with Gasteiger partial charge in [-0.15, -0.1) is 0 Å². The number of nitrogens with one attached hydrogen (secondary N) is 2. The van der Waals surface area contributed by atoms with E-state index in [9.17, 15) is 17.6 Å². The van der Waals surface area contributed by atoms with Gasteiger partial charge in [-0.05, 0) is 92.2 Å². The van der Waals surface area contributed by atoms with Crippen molar-refractivity contribution in [2.24, 2.45) is 10.8 Å². The molecule has 3 N–H and O–H groups in total. The number of sulfonamides is 1. The minimum absolute atomic E-state index is 0.307. The first kappa shape index (κ1) is 27.1. The summed E-state index contributed by atoms with van der Waals surface area (Å²) < 4.78 is 45.5. The van der Waals surface area contributed by atoms with Crippen LogP contribution in [0.2, 0.25) is 0 Å². The zero-order chi connectivity index (χ0) is 28.0. The Hall–Kier alpha value is -3.05. The molecule has 2 aliphatic heterocycles. The van der Waals surface area contributed by atoms with Gasteiger partial charge < -0.3 is 25.0 Å². The summed E-state index contributed by atoms with van der Waals surface area (Å²) in [6.45, 7) is 1.97. The van der Waals surface area contributed by atoms with E-state index in [1.807, 2.05) is 0 Å². The predicted molar refractivity (Wildman–Crippen MR) is 154 cm³/mol. The number of hydrogen-bond donors (Lipinski definition) is 3. The van der Waals surface area contributed by atoms with E-state index in [2.05, 4.69) is 19.8 Å². The number of aliphatic hydroxyl groups is 1. The van der Waals surface area contributed by atoms with Crippen LogP contribution in [0.1, 0.15) is 55.3 Å². The number of alkyl halides is 1. The summed E-state index contributed by atoms with van der Waals surface area (Å²) in [5.41, 5.74) is 3.70. The first-order valence-electron chi connectivity index (χ1n) is 14.1. The van der Waals surface area contributed by atoms with Crippen molar-refractivity contribution in [3.05, 3.63) is 42.0 Å². The maximum absolute atomic E-state index is 13.5. The van der Waals surface area contributed by atoms with Gasteiger partial charge in [0.15, 0.2) is 0 Å². The number of nitrogens with zero attached hydrogens (tertiary/aromatic N) is 2. The van der Waals surface area contributed by atoms with Gasteiger partial charge in [0, 0.05) is 31.7 Å². The molecule has 0 radical (unpaired) electrons. The first-order valence-corrected chi connectivity index (χ1v) is 15.8. The maximum Gasteiger partial charge on any atom is 0.255 e. The zero-order valence-corrected chi connectivity index (χ0v) is 23.4. The van der Waals surface area contributed by atoms with Crippen LogP contribution in [0, 0.1) is 10.8 Å². The fourth-order valence-electron chi connectivity index (χ4n) is 6.22. The Bertz CT molecular complexity index is 1380. The molecule has 0 unspecified atom stereocenters. The minimum Gasteiger partial charge on any atom is -0.461 e. The lowest BCUT2D eigenvalue weighted by atomic mass is 9.93. The van der Waals surface area contributed by atoms with E-state index in [1.54, 1.807) is 36.4 Å². The second-order valence-corrected chi connectivity index (χ2v) is 13.8. The van der Waals surface area contributed by atoms with E-state index in [1.165, 1.54) is 25.7 Å². The monoisotopic (exact) mass is 572 g/mol. The van der Waals surface area contributed by atoms with Gasteiger partial charge in [-0.2, -0.15) is 0 Å². The lowest BCUT2D eigenvalue weighted by Gasteiger charge is -2.35. The highest BCUT2D eigenvalue weighted by Crippen LogP contribution is 2.55. The Morgan fingerprint density at radius 2 is 1.62 bits per heavy atom. The van der Waals surface area contributed by atoms with E-state index >= 15 is 0 Å². The Morgan fingerprint density at radius 3 is 2.27 bits per heavy atom. The lowest BCUT2D eigenvalue weighted by Crippen LogP contribution is -2.35. The number of piperidine rings is 1. The number of amides is 1. The van der Waals surface area contributed by atoms with Crippen molar-refractivity contribution < 1.29 is 27.4 Å². The smallest absolute Gasteiger partial charge is 0.255 e. The fraction of sp³-hybridized carbons (Fsp3) is 0.552. The normalized spacial score (nSPS) is 20.6. The molecule has 2 saturated carbocycles. The Morgan fingerprint density at radius 1 is 0.925 bits per heavy atom. The SMILES string of the molecule is O=C(Nc1ccc(NS(=O)(=O)CCO)cc1N1CCC2(CC1)CC2)c1ccc(OCF)c(N2CCC3(CC3)C2)c1. The number of ether oxygens (including phenoxy) is 1. The summed E-state index contributed by atoms with van der Waals surface area (Å²) >= 11 is 0. The van der Waals surface area contributed by atoms with Gasteiger partial charge in [0.05, 0.1) is 35.1 Å². The van der Waals surface area contributed by atoms with Gasteiger partial charge in [0.1, 0.15) is 5.75 Å². The number of carbonyl (C=O) groups is 1. The lowest BCUT2D eigenvalue weighted by molar-refractivity contribution is 0.102. The van der Waals surface area contributed by atoms with E-state index in [-0.39, 0.29) is 5.91 Å². The average Bonchev–Trinajstić information content (AvgIpc) is 3.83. The summed E-state index contributed by atoms with van der Waals surface area (Å²) in [6.07, 6.45) is 8.15. The van der Waals surface area contributed by atoms with Crippen molar-refractivity contribution in [2.45, 2.75) is 44.9 Å². The highest BCUT2D eigenvalue weighted by atomic mass is 32.2. The number of carbonyl (C=O) groups excluding carboxylic acids is 1. The van der Waals surface area contributed by atoms with Crippen molar-refractivity contribution in [3.8, 4) is 5.75 Å². The number of rotatable bonds is 10. The molecular formula is C29H37FN4O5S. The molecule has 11 heteroatoms. The van der Waals surface area contributed by atoms with Gasteiger partial charge in [0.25, 0.3) is 5.91 Å². The van der Waals surface area contributed by atoms with Gasteiger partial charge >= 0.3 is 0 Å². The molecule has 2 saturated heterocycles. The highest BCUT2D eigenvalue weighted by Gasteiger charge is 2.48. The molecule has 40 heavy (non-hydrogen) atoms. The fourth-order valence-corrected chi connectivity index (χ4v) is 7.05. The van der Waals surface area contributed by atoms with Crippen LogP contribution in [0.25, 0.3) is 0 Å². The molecule has 2 spiro atoms. The summed E-state index contributed by atoms with van der Waals surface area (Å²) in [6, 6.07) is 10.1. The second kappa shape index (κ2) is 10.4.